The molecule has 1 aliphatic heterocycles. The van der Waals surface area contributed by atoms with Crippen molar-refractivity contribution < 1.29 is 19.0 Å². The Kier molecular flexibility index (Phi) is 7.19. The van der Waals surface area contributed by atoms with Crippen LogP contribution in [0.25, 0.3) is 0 Å². The van der Waals surface area contributed by atoms with Crippen molar-refractivity contribution >= 4 is 21.9 Å². The number of allylic oxidation sites excluding steroid dienone is 2. The third-order valence-corrected chi connectivity index (χ3v) is 5.40. The minimum atomic E-state index is -0.841. The number of esters is 1. The van der Waals surface area contributed by atoms with E-state index in [0.29, 0.717) is 22.4 Å². The van der Waals surface area contributed by atoms with Crippen LogP contribution in [0, 0.1) is 22.7 Å². The number of hydrogen-bond acceptors (Lipinski definition) is 7. The third kappa shape index (κ3) is 4.61. The van der Waals surface area contributed by atoms with E-state index in [-0.39, 0.29) is 36.0 Å². The molecule has 32 heavy (non-hydrogen) atoms. The summed E-state index contributed by atoms with van der Waals surface area (Å²) in [5.74, 6) is -0.833. The van der Waals surface area contributed by atoms with Crippen molar-refractivity contribution in [1.82, 2.24) is 0 Å². The maximum Gasteiger partial charge on any atom is 0.338 e. The van der Waals surface area contributed by atoms with Gasteiger partial charge in [-0.1, -0.05) is 34.1 Å². The highest BCUT2D eigenvalue weighted by molar-refractivity contribution is 9.10. The first-order valence-electron chi connectivity index (χ1n) is 9.76. The van der Waals surface area contributed by atoms with Crippen LogP contribution in [-0.2, 0) is 20.9 Å². The lowest BCUT2D eigenvalue weighted by atomic mass is 9.82. The molecule has 2 aromatic rings. The smallest absolute Gasteiger partial charge is 0.338 e. The van der Waals surface area contributed by atoms with Crippen molar-refractivity contribution in [1.29, 1.82) is 10.5 Å². The second-order valence-corrected chi connectivity index (χ2v) is 7.77. The van der Waals surface area contributed by atoms with Gasteiger partial charge in [0.25, 0.3) is 0 Å². The van der Waals surface area contributed by atoms with Crippen molar-refractivity contribution in [2.45, 2.75) is 26.4 Å². The zero-order valence-electron chi connectivity index (χ0n) is 17.5. The molecule has 0 saturated carbocycles. The van der Waals surface area contributed by atoms with Crippen LogP contribution in [0.3, 0.4) is 0 Å². The number of nitrogens with zero attached hydrogens (tertiary/aromatic N) is 2. The summed E-state index contributed by atoms with van der Waals surface area (Å²) in [5.41, 5.74) is 8.01. The third-order valence-electron chi connectivity index (χ3n) is 4.90. The number of halogens is 1. The van der Waals surface area contributed by atoms with Crippen molar-refractivity contribution in [3.8, 4) is 17.9 Å². The molecule has 0 spiro atoms. The van der Waals surface area contributed by atoms with Gasteiger partial charge in [-0.25, -0.2) is 4.79 Å². The molecule has 0 aromatic heterocycles. The molecule has 0 aliphatic carbocycles. The van der Waals surface area contributed by atoms with Gasteiger partial charge in [-0.2, -0.15) is 10.5 Å². The zero-order valence-corrected chi connectivity index (χ0v) is 19.1. The Morgan fingerprint density at radius 1 is 1.22 bits per heavy atom. The number of nitriles is 2. The van der Waals surface area contributed by atoms with Crippen molar-refractivity contribution in [2.75, 3.05) is 6.61 Å². The fourth-order valence-corrected chi connectivity index (χ4v) is 3.83. The predicted octanol–water partition coefficient (Wildman–Crippen LogP) is 4.54. The van der Waals surface area contributed by atoms with Crippen LogP contribution in [-0.4, -0.2) is 12.6 Å². The van der Waals surface area contributed by atoms with Crippen LogP contribution < -0.4 is 10.5 Å². The van der Waals surface area contributed by atoms with E-state index >= 15 is 0 Å². The molecule has 2 N–H and O–H groups in total. The van der Waals surface area contributed by atoms with Crippen molar-refractivity contribution in [2.24, 2.45) is 5.73 Å². The highest BCUT2D eigenvalue weighted by Crippen LogP contribution is 2.44. The Balaban J connectivity index is 2.10. The molecule has 162 valence electrons. The maximum absolute atomic E-state index is 12.8. The molecule has 1 aliphatic rings. The molecular formula is C24H20BrN3O4. The van der Waals surface area contributed by atoms with Gasteiger partial charge in [-0.15, -0.1) is 0 Å². The Morgan fingerprint density at radius 3 is 2.66 bits per heavy atom. The summed E-state index contributed by atoms with van der Waals surface area (Å²) in [4.78, 5) is 12.8. The molecule has 0 radical (unpaired) electrons. The topological polar surface area (TPSA) is 118 Å². The van der Waals surface area contributed by atoms with Crippen molar-refractivity contribution in [3.63, 3.8) is 0 Å². The Morgan fingerprint density at radius 2 is 1.97 bits per heavy atom. The molecule has 2 aromatic carbocycles. The van der Waals surface area contributed by atoms with Gasteiger partial charge >= 0.3 is 5.97 Å². The molecule has 1 atom stereocenters. The van der Waals surface area contributed by atoms with Crippen LogP contribution in [0.15, 0.2) is 69.7 Å². The van der Waals surface area contributed by atoms with E-state index in [9.17, 15) is 15.3 Å². The second kappa shape index (κ2) is 10.0. The van der Waals surface area contributed by atoms with Crippen LogP contribution in [0.1, 0.15) is 36.5 Å². The fraction of sp³-hybridized carbons (Fsp3) is 0.208. The number of rotatable bonds is 6. The van der Waals surface area contributed by atoms with Gasteiger partial charge in [-0.05, 0) is 38.1 Å². The SMILES string of the molecule is CCOC(=O)C1=C(C)OC(N)=C(C#N)C1c1cc(Br)ccc1OCc1ccccc1C#N. The van der Waals surface area contributed by atoms with Crippen molar-refractivity contribution in [3.05, 3.63) is 86.4 Å². The van der Waals surface area contributed by atoms with E-state index < -0.39 is 11.9 Å². The first-order valence-corrected chi connectivity index (χ1v) is 10.6. The molecule has 0 saturated heterocycles. The van der Waals surface area contributed by atoms with E-state index in [1.807, 2.05) is 6.07 Å². The first-order chi connectivity index (χ1) is 15.4. The molecule has 8 heteroatoms. The summed E-state index contributed by atoms with van der Waals surface area (Å²) < 4.78 is 17.5. The quantitative estimate of drug-likeness (QED) is 0.586. The van der Waals surface area contributed by atoms with E-state index in [1.165, 1.54) is 0 Å². The molecule has 0 bridgehead atoms. The minimum Gasteiger partial charge on any atom is -0.489 e. The van der Waals surface area contributed by atoms with E-state index in [1.54, 1.807) is 50.2 Å². The summed E-state index contributed by atoms with van der Waals surface area (Å²) in [6.45, 7) is 3.58. The lowest BCUT2D eigenvalue weighted by Crippen LogP contribution is -2.26. The van der Waals surface area contributed by atoms with Crippen LogP contribution in [0.2, 0.25) is 0 Å². The van der Waals surface area contributed by atoms with E-state index in [4.69, 9.17) is 19.9 Å². The predicted molar refractivity (Wildman–Crippen MR) is 120 cm³/mol. The second-order valence-electron chi connectivity index (χ2n) is 6.85. The lowest BCUT2D eigenvalue weighted by molar-refractivity contribution is -0.139. The molecule has 0 fully saturated rings. The largest absolute Gasteiger partial charge is 0.489 e. The average Bonchev–Trinajstić information content (AvgIpc) is 2.78. The van der Waals surface area contributed by atoms with E-state index in [0.717, 1.165) is 4.47 Å². The number of carbonyl (C=O) groups is 1. The normalized spacial score (nSPS) is 15.5. The van der Waals surface area contributed by atoms with Gasteiger partial charge in [0.15, 0.2) is 0 Å². The van der Waals surface area contributed by atoms with Gasteiger partial charge in [0, 0.05) is 15.6 Å². The molecule has 0 amide bonds. The Hall–Kier alpha value is -3.75. The molecular weight excluding hydrogens is 474 g/mol. The Bertz CT molecular complexity index is 1200. The lowest BCUT2D eigenvalue weighted by Gasteiger charge is -2.28. The van der Waals surface area contributed by atoms with Crippen LogP contribution >= 0.6 is 15.9 Å². The van der Waals surface area contributed by atoms with E-state index in [2.05, 4.69) is 28.1 Å². The minimum absolute atomic E-state index is 0.0798. The zero-order chi connectivity index (χ0) is 23.3. The summed E-state index contributed by atoms with van der Waals surface area (Å²) in [6.07, 6.45) is 0. The van der Waals surface area contributed by atoms with Gasteiger partial charge in [-0.3, -0.25) is 0 Å². The number of carbonyl (C=O) groups excluding carboxylic acids is 1. The summed E-state index contributed by atoms with van der Waals surface area (Å²) in [6, 6.07) is 16.6. The van der Waals surface area contributed by atoms with Gasteiger partial charge in [0.1, 0.15) is 29.8 Å². The fourth-order valence-electron chi connectivity index (χ4n) is 3.45. The summed E-state index contributed by atoms with van der Waals surface area (Å²) in [5, 5.41) is 19.2. The number of ether oxygens (including phenoxy) is 3. The molecule has 7 nitrogen and oxygen atoms in total. The van der Waals surface area contributed by atoms with Gasteiger partial charge < -0.3 is 19.9 Å². The highest BCUT2D eigenvalue weighted by atomic mass is 79.9. The molecule has 3 rings (SSSR count). The average molecular weight is 494 g/mol. The number of hydrogen-bond donors (Lipinski definition) is 1. The standard InChI is InChI=1S/C24H20BrN3O4/c1-3-30-24(29)21-14(2)32-23(28)19(12-27)22(21)18-10-17(25)8-9-20(18)31-13-16-7-5-4-6-15(16)11-26/h4-10,22H,3,13,28H2,1-2H3. The first kappa shape index (κ1) is 22.9. The monoisotopic (exact) mass is 493 g/mol. The number of benzene rings is 2. The van der Waals surface area contributed by atoms with Crippen LogP contribution in [0.5, 0.6) is 5.75 Å². The maximum atomic E-state index is 12.8. The highest BCUT2D eigenvalue weighted by Gasteiger charge is 2.38. The van der Waals surface area contributed by atoms with Crippen LogP contribution in [0.4, 0.5) is 0 Å². The van der Waals surface area contributed by atoms with Gasteiger partial charge in [0.05, 0.1) is 29.7 Å². The molecule has 1 unspecified atom stereocenters. The Labute approximate surface area is 194 Å². The summed E-state index contributed by atoms with van der Waals surface area (Å²) >= 11 is 3.45. The summed E-state index contributed by atoms with van der Waals surface area (Å²) in [7, 11) is 0. The number of nitrogens with two attached hydrogens (primary N) is 1. The van der Waals surface area contributed by atoms with Gasteiger partial charge in [0.2, 0.25) is 5.88 Å². The molecule has 1 heterocycles.